The number of hydrogen-bond acceptors (Lipinski definition) is 4. The number of carboxylic acids is 1. The van der Waals surface area contributed by atoms with E-state index in [0.29, 0.717) is 18.0 Å². The number of halogens is 1. The van der Waals surface area contributed by atoms with E-state index < -0.39 is 5.97 Å². The number of carboxylic acid groups (broad SMARTS) is 1. The van der Waals surface area contributed by atoms with Crippen molar-refractivity contribution in [2.75, 3.05) is 18.9 Å². The predicted octanol–water partition coefficient (Wildman–Crippen LogP) is 3.19. The molecule has 6 heteroatoms. The smallest absolute Gasteiger partial charge is 0.335 e. The Labute approximate surface area is 130 Å². The molecule has 3 N–H and O–H groups in total. The average Bonchev–Trinajstić information content (AvgIpc) is 2.45. The van der Waals surface area contributed by atoms with Gasteiger partial charge in [0.25, 0.3) is 0 Å². The van der Waals surface area contributed by atoms with E-state index >= 15 is 0 Å². The Kier molecular flexibility index (Phi) is 5.05. The van der Waals surface area contributed by atoms with Crippen molar-refractivity contribution in [3.63, 3.8) is 0 Å². The van der Waals surface area contributed by atoms with E-state index in [2.05, 4.69) is 15.9 Å². The normalized spacial score (nSPS) is 10.1. The van der Waals surface area contributed by atoms with Crippen molar-refractivity contribution in [3.8, 4) is 11.5 Å². The molecular formula is C15H14BrNO4. The van der Waals surface area contributed by atoms with Crippen LogP contribution in [0.2, 0.25) is 0 Å². The van der Waals surface area contributed by atoms with Gasteiger partial charge in [0.15, 0.2) is 0 Å². The number of ether oxygens (including phenoxy) is 2. The summed E-state index contributed by atoms with van der Waals surface area (Å²) in [6.45, 7) is 0.590. The molecule has 0 fully saturated rings. The van der Waals surface area contributed by atoms with Crippen molar-refractivity contribution in [3.05, 3.63) is 52.5 Å². The summed E-state index contributed by atoms with van der Waals surface area (Å²) in [7, 11) is 0. The highest BCUT2D eigenvalue weighted by Gasteiger charge is 2.07. The molecule has 0 amide bonds. The summed E-state index contributed by atoms with van der Waals surface area (Å²) in [5.74, 6) is 0.0400. The Morgan fingerprint density at radius 1 is 1.14 bits per heavy atom. The van der Waals surface area contributed by atoms with E-state index in [9.17, 15) is 4.79 Å². The van der Waals surface area contributed by atoms with Crippen molar-refractivity contribution in [2.45, 2.75) is 0 Å². The van der Waals surface area contributed by atoms with Crippen LogP contribution in [0.15, 0.2) is 46.9 Å². The molecule has 0 unspecified atom stereocenters. The number of nitrogens with two attached hydrogens (primary N) is 1. The summed E-state index contributed by atoms with van der Waals surface area (Å²) in [5, 5.41) is 8.92. The molecule has 2 aromatic carbocycles. The Hall–Kier alpha value is -2.21. The molecule has 0 aliphatic rings. The standard InChI is InChI=1S/C15H14BrNO4/c16-11-2-1-3-12(9-11)20-6-7-21-14-8-10(15(18)19)4-5-13(14)17/h1-5,8-9H,6-7,17H2,(H,18,19). The maximum absolute atomic E-state index is 10.9. The maximum Gasteiger partial charge on any atom is 0.335 e. The van der Waals surface area contributed by atoms with Gasteiger partial charge in [-0.05, 0) is 36.4 Å². The zero-order valence-corrected chi connectivity index (χ0v) is 12.7. The first-order chi connectivity index (χ1) is 10.1. The molecule has 2 aromatic rings. The van der Waals surface area contributed by atoms with E-state index in [4.69, 9.17) is 20.3 Å². The van der Waals surface area contributed by atoms with Crippen LogP contribution in [0.25, 0.3) is 0 Å². The summed E-state index contributed by atoms with van der Waals surface area (Å²) < 4.78 is 11.9. The lowest BCUT2D eigenvalue weighted by molar-refractivity contribution is 0.0696. The van der Waals surface area contributed by atoms with Crippen molar-refractivity contribution in [1.82, 2.24) is 0 Å². The summed E-state index contributed by atoms with van der Waals surface area (Å²) in [6.07, 6.45) is 0. The van der Waals surface area contributed by atoms with Crippen LogP contribution in [0.5, 0.6) is 11.5 Å². The zero-order chi connectivity index (χ0) is 15.2. The molecule has 0 saturated carbocycles. The van der Waals surface area contributed by atoms with E-state index in [-0.39, 0.29) is 12.2 Å². The van der Waals surface area contributed by atoms with E-state index in [1.54, 1.807) is 0 Å². The van der Waals surface area contributed by atoms with Gasteiger partial charge in [0.1, 0.15) is 24.7 Å². The Bertz CT molecular complexity index is 645. The number of hydrogen-bond donors (Lipinski definition) is 2. The number of aromatic carboxylic acids is 1. The average molecular weight is 352 g/mol. The van der Waals surface area contributed by atoms with Crippen LogP contribution in [-0.2, 0) is 0 Å². The third kappa shape index (κ3) is 4.39. The zero-order valence-electron chi connectivity index (χ0n) is 11.1. The summed E-state index contributed by atoms with van der Waals surface area (Å²) in [4.78, 5) is 10.9. The summed E-state index contributed by atoms with van der Waals surface area (Å²) in [5.41, 5.74) is 6.26. The maximum atomic E-state index is 10.9. The van der Waals surface area contributed by atoms with Gasteiger partial charge in [-0.25, -0.2) is 4.79 Å². The molecule has 0 radical (unpaired) electrons. The molecule has 110 valence electrons. The molecule has 2 rings (SSSR count). The number of nitrogen functional groups attached to an aromatic ring is 1. The lowest BCUT2D eigenvalue weighted by Gasteiger charge is -2.11. The topological polar surface area (TPSA) is 81.8 Å². The van der Waals surface area contributed by atoms with Gasteiger partial charge in [-0.3, -0.25) is 0 Å². The Morgan fingerprint density at radius 2 is 1.90 bits per heavy atom. The summed E-state index contributed by atoms with van der Waals surface area (Å²) >= 11 is 3.36. The molecule has 0 aliphatic carbocycles. The first-order valence-corrected chi connectivity index (χ1v) is 6.99. The van der Waals surface area contributed by atoms with Gasteiger partial charge in [-0.15, -0.1) is 0 Å². The second-order valence-electron chi connectivity index (χ2n) is 4.21. The highest BCUT2D eigenvalue weighted by molar-refractivity contribution is 9.10. The Balaban J connectivity index is 1.88. The first-order valence-electron chi connectivity index (χ1n) is 6.20. The van der Waals surface area contributed by atoms with Crippen LogP contribution in [0, 0.1) is 0 Å². The summed E-state index contributed by atoms with van der Waals surface area (Å²) in [6, 6.07) is 11.8. The molecular weight excluding hydrogens is 338 g/mol. The molecule has 0 aromatic heterocycles. The van der Waals surface area contributed by atoms with Gasteiger partial charge < -0.3 is 20.3 Å². The van der Waals surface area contributed by atoms with E-state index in [1.807, 2.05) is 24.3 Å². The second-order valence-corrected chi connectivity index (χ2v) is 5.13. The quantitative estimate of drug-likeness (QED) is 0.616. The third-order valence-corrected chi connectivity index (χ3v) is 3.16. The molecule has 0 spiro atoms. The number of benzene rings is 2. The molecule has 21 heavy (non-hydrogen) atoms. The van der Waals surface area contributed by atoms with Gasteiger partial charge in [0, 0.05) is 4.47 Å². The Morgan fingerprint density at radius 3 is 2.62 bits per heavy atom. The van der Waals surface area contributed by atoms with Crippen molar-refractivity contribution >= 4 is 27.6 Å². The van der Waals surface area contributed by atoms with Crippen LogP contribution < -0.4 is 15.2 Å². The van der Waals surface area contributed by atoms with E-state index in [0.717, 1.165) is 10.2 Å². The molecule has 0 saturated heterocycles. The fraction of sp³-hybridized carbons (Fsp3) is 0.133. The molecule has 0 atom stereocenters. The van der Waals surface area contributed by atoms with Crippen LogP contribution in [0.3, 0.4) is 0 Å². The predicted molar refractivity (Wildman–Crippen MR) is 82.9 cm³/mol. The second kappa shape index (κ2) is 6.99. The number of rotatable bonds is 6. The highest BCUT2D eigenvalue weighted by atomic mass is 79.9. The van der Waals surface area contributed by atoms with Crippen LogP contribution in [-0.4, -0.2) is 24.3 Å². The minimum absolute atomic E-state index is 0.132. The lowest BCUT2D eigenvalue weighted by Crippen LogP contribution is -2.10. The fourth-order valence-corrected chi connectivity index (χ4v) is 2.04. The van der Waals surface area contributed by atoms with Gasteiger partial charge in [0.05, 0.1) is 11.3 Å². The fourth-order valence-electron chi connectivity index (χ4n) is 1.66. The lowest BCUT2D eigenvalue weighted by atomic mass is 10.2. The largest absolute Gasteiger partial charge is 0.490 e. The SMILES string of the molecule is Nc1ccc(C(=O)O)cc1OCCOc1cccc(Br)c1. The molecule has 0 heterocycles. The van der Waals surface area contributed by atoms with Crippen molar-refractivity contribution in [1.29, 1.82) is 0 Å². The first kappa shape index (κ1) is 15.2. The minimum atomic E-state index is -1.02. The molecule has 0 bridgehead atoms. The molecule has 0 aliphatic heterocycles. The van der Waals surface area contributed by atoms with Gasteiger partial charge in [-0.2, -0.15) is 0 Å². The number of anilines is 1. The van der Waals surface area contributed by atoms with Gasteiger partial charge in [0.2, 0.25) is 0 Å². The van der Waals surface area contributed by atoms with Crippen LogP contribution in [0.4, 0.5) is 5.69 Å². The van der Waals surface area contributed by atoms with Crippen molar-refractivity contribution in [2.24, 2.45) is 0 Å². The van der Waals surface area contributed by atoms with E-state index in [1.165, 1.54) is 18.2 Å². The monoisotopic (exact) mass is 351 g/mol. The third-order valence-electron chi connectivity index (χ3n) is 2.67. The molecule has 5 nitrogen and oxygen atoms in total. The van der Waals surface area contributed by atoms with Crippen LogP contribution >= 0.6 is 15.9 Å². The number of carbonyl (C=O) groups is 1. The van der Waals surface area contributed by atoms with Crippen molar-refractivity contribution < 1.29 is 19.4 Å². The van der Waals surface area contributed by atoms with Gasteiger partial charge in [-0.1, -0.05) is 22.0 Å². The minimum Gasteiger partial charge on any atom is -0.490 e. The highest BCUT2D eigenvalue weighted by Crippen LogP contribution is 2.23. The van der Waals surface area contributed by atoms with Gasteiger partial charge >= 0.3 is 5.97 Å². The van der Waals surface area contributed by atoms with Crippen LogP contribution in [0.1, 0.15) is 10.4 Å².